The van der Waals surface area contributed by atoms with Gasteiger partial charge in [0.05, 0.1) is 19.1 Å². The predicted molar refractivity (Wildman–Crippen MR) is 88.4 cm³/mol. The van der Waals surface area contributed by atoms with Gasteiger partial charge in [-0.2, -0.15) is 0 Å². The van der Waals surface area contributed by atoms with Crippen LogP contribution in [0.1, 0.15) is 22.3 Å². The molecule has 1 unspecified atom stereocenters. The highest BCUT2D eigenvalue weighted by atomic mass is 35.5. The average molecular weight is 377 g/mol. The Balaban J connectivity index is 0.00000312. The largest absolute Gasteiger partial charge is 0.368 e. The van der Waals surface area contributed by atoms with E-state index in [2.05, 4.69) is 16.0 Å². The summed E-state index contributed by atoms with van der Waals surface area (Å²) in [6.07, 6.45) is -0.516. The van der Waals surface area contributed by atoms with Crippen LogP contribution in [0.4, 0.5) is 8.78 Å². The first-order valence-electron chi connectivity index (χ1n) is 7.31. The summed E-state index contributed by atoms with van der Waals surface area (Å²) in [6, 6.07) is 5.39. The van der Waals surface area contributed by atoms with E-state index in [4.69, 9.17) is 5.73 Å². The highest BCUT2D eigenvalue weighted by molar-refractivity contribution is 5.96. The van der Waals surface area contributed by atoms with Crippen LogP contribution in [0.2, 0.25) is 0 Å². The molecular formula is C15H19ClF2N4O3. The maximum atomic E-state index is 13.0. The minimum atomic E-state index is -2.86. The van der Waals surface area contributed by atoms with E-state index in [0.29, 0.717) is 11.1 Å². The van der Waals surface area contributed by atoms with E-state index < -0.39 is 42.7 Å². The minimum Gasteiger partial charge on any atom is -0.368 e. The van der Waals surface area contributed by atoms with Gasteiger partial charge in [0, 0.05) is 18.5 Å². The molecule has 3 amide bonds. The van der Waals surface area contributed by atoms with Crippen LogP contribution in [0, 0.1) is 0 Å². The SMILES string of the molecule is Cl.NC(=O)CNC(=O)c1ccc(CNC(=O)C2CC(F)(F)CN2)cc1. The smallest absolute Gasteiger partial charge is 0.262 e. The molecule has 1 aromatic rings. The van der Waals surface area contributed by atoms with Gasteiger partial charge in [-0.05, 0) is 17.7 Å². The number of nitrogens with two attached hydrogens (primary N) is 1. The fourth-order valence-corrected chi connectivity index (χ4v) is 2.26. The van der Waals surface area contributed by atoms with Gasteiger partial charge in [-0.1, -0.05) is 12.1 Å². The second-order valence-electron chi connectivity index (χ2n) is 5.56. The van der Waals surface area contributed by atoms with E-state index in [1.807, 2.05) is 0 Å². The van der Waals surface area contributed by atoms with Crippen molar-refractivity contribution in [2.45, 2.75) is 24.9 Å². The molecule has 0 saturated carbocycles. The Morgan fingerprint density at radius 3 is 2.36 bits per heavy atom. The zero-order valence-corrected chi connectivity index (χ0v) is 14.0. The van der Waals surface area contributed by atoms with Crippen LogP contribution in [0.3, 0.4) is 0 Å². The third-order valence-electron chi connectivity index (χ3n) is 3.53. The molecule has 0 aliphatic carbocycles. The Morgan fingerprint density at radius 1 is 1.20 bits per heavy atom. The van der Waals surface area contributed by atoms with Gasteiger partial charge in [0.15, 0.2) is 0 Å². The van der Waals surface area contributed by atoms with Crippen molar-refractivity contribution in [1.29, 1.82) is 0 Å². The first kappa shape index (κ1) is 20.8. The summed E-state index contributed by atoms with van der Waals surface area (Å²) in [5.74, 6) is -4.44. The van der Waals surface area contributed by atoms with Gasteiger partial charge in [0.1, 0.15) is 0 Å². The number of carbonyl (C=O) groups excluding carboxylic acids is 3. The first-order valence-corrected chi connectivity index (χ1v) is 7.31. The van der Waals surface area contributed by atoms with Crippen LogP contribution < -0.4 is 21.7 Å². The molecule has 138 valence electrons. The molecule has 1 atom stereocenters. The summed E-state index contributed by atoms with van der Waals surface area (Å²) in [5.41, 5.74) is 5.98. The monoisotopic (exact) mass is 376 g/mol. The summed E-state index contributed by atoms with van der Waals surface area (Å²) in [4.78, 5) is 34.1. The quantitative estimate of drug-likeness (QED) is 0.557. The lowest BCUT2D eigenvalue weighted by Crippen LogP contribution is -2.40. The summed E-state index contributed by atoms with van der Waals surface area (Å²) >= 11 is 0. The van der Waals surface area contributed by atoms with Crippen LogP contribution in [-0.4, -0.2) is 42.8 Å². The molecule has 0 radical (unpaired) electrons. The number of alkyl halides is 2. The standard InChI is InChI=1S/C15H18F2N4O3.ClH/c16-15(17)5-11(21-8-15)14(24)19-6-9-1-3-10(4-2-9)13(23)20-7-12(18)22;/h1-4,11,21H,5-8H2,(H2,18,22)(H,19,24)(H,20,23);1H. The van der Waals surface area contributed by atoms with Gasteiger partial charge in [-0.3, -0.25) is 19.7 Å². The van der Waals surface area contributed by atoms with Crippen LogP contribution in [0.25, 0.3) is 0 Å². The van der Waals surface area contributed by atoms with Crippen LogP contribution in [0.15, 0.2) is 24.3 Å². The highest BCUT2D eigenvalue weighted by Crippen LogP contribution is 2.25. The lowest BCUT2D eigenvalue weighted by molar-refractivity contribution is -0.123. The number of amides is 3. The number of hydrogen-bond acceptors (Lipinski definition) is 4. The van der Waals surface area contributed by atoms with Gasteiger partial charge < -0.3 is 16.4 Å². The van der Waals surface area contributed by atoms with Crippen molar-refractivity contribution in [3.05, 3.63) is 35.4 Å². The lowest BCUT2D eigenvalue weighted by atomic mass is 10.1. The maximum Gasteiger partial charge on any atom is 0.262 e. The molecule has 1 aliphatic rings. The number of nitrogens with one attached hydrogen (secondary N) is 3. The average Bonchev–Trinajstić information content (AvgIpc) is 2.91. The number of benzene rings is 1. The van der Waals surface area contributed by atoms with Crippen molar-refractivity contribution < 1.29 is 23.2 Å². The highest BCUT2D eigenvalue weighted by Gasteiger charge is 2.42. The summed E-state index contributed by atoms with van der Waals surface area (Å²) in [7, 11) is 0. The van der Waals surface area contributed by atoms with Crippen LogP contribution >= 0.6 is 12.4 Å². The molecule has 0 spiro atoms. The van der Waals surface area contributed by atoms with Gasteiger partial charge in [-0.25, -0.2) is 8.78 Å². The normalized spacial score (nSPS) is 18.1. The fraction of sp³-hybridized carbons (Fsp3) is 0.400. The van der Waals surface area contributed by atoms with Gasteiger partial charge in [0.25, 0.3) is 11.8 Å². The Bertz CT molecular complexity index is 640. The van der Waals surface area contributed by atoms with Gasteiger partial charge in [-0.15, -0.1) is 12.4 Å². The van der Waals surface area contributed by atoms with E-state index in [1.165, 1.54) is 12.1 Å². The number of rotatable bonds is 6. The third-order valence-corrected chi connectivity index (χ3v) is 3.53. The molecule has 25 heavy (non-hydrogen) atoms. The molecule has 1 saturated heterocycles. The summed E-state index contributed by atoms with van der Waals surface area (Å²) in [5, 5.41) is 7.40. The molecule has 7 nitrogen and oxygen atoms in total. The van der Waals surface area contributed by atoms with Crippen molar-refractivity contribution >= 4 is 30.1 Å². The number of hydrogen-bond donors (Lipinski definition) is 4. The second-order valence-corrected chi connectivity index (χ2v) is 5.56. The van der Waals surface area contributed by atoms with Crippen molar-refractivity contribution in [1.82, 2.24) is 16.0 Å². The molecule has 10 heteroatoms. The maximum absolute atomic E-state index is 13.0. The van der Waals surface area contributed by atoms with Crippen molar-refractivity contribution in [2.75, 3.05) is 13.1 Å². The molecule has 1 heterocycles. The topological polar surface area (TPSA) is 113 Å². The fourth-order valence-electron chi connectivity index (χ4n) is 2.26. The van der Waals surface area contributed by atoms with Crippen molar-refractivity contribution in [3.63, 3.8) is 0 Å². The van der Waals surface area contributed by atoms with Crippen molar-refractivity contribution in [2.24, 2.45) is 5.73 Å². The molecule has 2 rings (SSSR count). The molecule has 1 aliphatic heterocycles. The Kier molecular flexibility index (Phi) is 7.25. The Morgan fingerprint density at radius 2 is 1.84 bits per heavy atom. The van der Waals surface area contributed by atoms with E-state index in [9.17, 15) is 23.2 Å². The predicted octanol–water partition coefficient (Wildman–Crippen LogP) is -0.0631. The zero-order valence-electron chi connectivity index (χ0n) is 13.2. The van der Waals surface area contributed by atoms with E-state index in [0.717, 1.165) is 0 Å². The van der Waals surface area contributed by atoms with Crippen LogP contribution in [0.5, 0.6) is 0 Å². The van der Waals surface area contributed by atoms with E-state index in [1.54, 1.807) is 12.1 Å². The first-order chi connectivity index (χ1) is 11.3. The number of halogens is 3. The van der Waals surface area contributed by atoms with E-state index in [-0.39, 0.29) is 25.5 Å². The third kappa shape index (κ3) is 6.28. The number of carbonyl (C=O) groups is 3. The summed E-state index contributed by atoms with van der Waals surface area (Å²) < 4.78 is 26.1. The van der Waals surface area contributed by atoms with Crippen LogP contribution in [-0.2, 0) is 16.1 Å². The molecular weight excluding hydrogens is 358 g/mol. The van der Waals surface area contributed by atoms with Crippen molar-refractivity contribution in [3.8, 4) is 0 Å². The molecule has 1 aromatic carbocycles. The molecule has 1 fully saturated rings. The summed E-state index contributed by atoms with van der Waals surface area (Å²) in [6.45, 7) is -0.596. The second kappa shape index (κ2) is 8.72. The van der Waals surface area contributed by atoms with Gasteiger partial charge >= 0.3 is 0 Å². The molecule has 5 N–H and O–H groups in total. The minimum absolute atomic E-state index is 0. The molecule has 0 aromatic heterocycles. The Labute approximate surface area is 149 Å². The Hall–Kier alpha value is -2.26. The molecule has 0 bridgehead atoms. The zero-order chi connectivity index (χ0) is 17.7. The number of primary amides is 1. The van der Waals surface area contributed by atoms with Gasteiger partial charge in [0.2, 0.25) is 11.8 Å². The van der Waals surface area contributed by atoms with E-state index >= 15 is 0 Å². The lowest BCUT2D eigenvalue weighted by Gasteiger charge is -2.11.